The number of anilines is 1. The summed E-state index contributed by atoms with van der Waals surface area (Å²) in [7, 11) is 2.29. The van der Waals surface area contributed by atoms with Crippen LogP contribution in [0.1, 0.15) is 19.3 Å². The van der Waals surface area contributed by atoms with E-state index in [0.717, 1.165) is 25.2 Å². The molecule has 3 heterocycles. The molecule has 0 spiro atoms. The fraction of sp³-hybridized carbons (Fsp3) is 0.769. The van der Waals surface area contributed by atoms with Crippen LogP contribution in [0, 0.1) is 0 Å². The van der Waals surface area contributed by atoms with Crippen molar-refractivity contribution in [1.82, 2.24) is 19.6 Å². The Morgan fingerprint density at radius 1 is 1.28 bits per heavy atom. The molecule has 2 aliphatic heterocycles. The van der Waals surface area contributed by atoms with E-state index in [4.69, 9.17) is 5.73 Å². The van der Waals surface area contributed by atoms with E-state index in [1.165, 1.54) is 32.4 Å². The van der Waals surface area contributed by atoms with Crippen molar-refractivity contribution < 1.29 is 0 Å². The second-order valence-electron chi connectivity index (χ2n) is 5.64. The molecule has 2 bridgehead atoms. The van der Waals surface area contributed by atoms with E-state index in [-0.39, 0.29) is 0 Å². The highest BCUT2D eigenvalue weighted by Crippen LogP contribution is 2.28. The molecule has 0 saturated carbocycles. The Morgan fingerprint density at radius 2 is 2.11 bits per heavy atom. The molecule has 0 radical (unpaired) electrons. The van der Waals surface area contributed by atoms with Crippen molar-refractivity contribution in [2.24, 2.45) is 0 Å². The first-order valence-electron chi connectivity index (χ1n) is 6.95. The molecule has 0 aromatic carbocycles. The third kappa shape index (κ3) is 2.37. The fourth-order valence-electron chi connectivity index (χ4n) is 3.33. The molecular formula is C13H23N5. The van der Waals surface area contributed by atoms with E-state index >= 15 is 0 Å². The standard InChI is InChI=1S/C13H23N5/c1-16-11-2-3-12(16)10-17(6-4-11)8-9-18-7-5-13(14)15-18/h5,7,11-12H,2-4,6,8-10H2,1H3,(H2,14,15). The van der Waals surface area contributed by atoms with Crippen LogP contribution in [0.25, 0.3) is 0 Å². The summed E-state index contributed by atoms with van der Waals surface area (Å²) in [6.07, 6.45) is 6.04. The Hall–Kier alpha value is -1.07. The minimum atomic E-state index is 0.615. The second-order valence-corrected chi connectivity index (χ2v) is 5.64. The minimum absolute atomic E-state index is 0.615. The first kappa shape index (κ1) is 12.0. The van der Waals surface area contributed by atoms with Crippen molar-refractivity contribution in [3.8, 4) is 0 Å². The SMILES string of the molecule is CN1C2CCC1CN(CCn1ccc(N)n1)CC2. The van der Waals surface area contributed by atoms with Gasteiger partial charge in [-0.05, 0) is 38.9 Å². The maximum Gasteiger partial charge on any atom is 0.145 e. The number of rotatable bonds is 3. The van der Waals surface area contributed by atoms with Crippen LogP contribution in [0.2, 0.25) is 0 Å². The van der Waals surface area contributed by atoms with E-state index in [9.17, 15) is 0 Å². The predicted octanol–water partition coefficient (Wildman–Crippen LogP) is 0.634. The summed E-state index contributed by atoms with van der Waals surface area (Å²) in [6.45, 7) is 4.46. The maximum atomic E-state index is 5.63. The van der Waals surface area contributed by atoms with Gasteiger partial charge in [0.15, 0.2) is 0 Å². The van der Waals surface area contributed by atoms with Crippen LogP contribution in [0.15, 0.2) is 12.3 Å². The monoisotopic (exact) mass is 249 g/mol. The molecule has 2 atom stereocenters. The van der Waals surface area contributed by atoms with E-state index in [2.05, 4.69) is 21.9 Å². The highest BCUT2D eigenvalue weighted by atomic mass is 15.3. The molecule has 100 valence electrons. The molecule has 1 aromatic heterocycles. The molecule has 3 rings (SSSR count). The lowest BCUT2D eigenvalue weighted by Gasteiger charge is -2.25. The number of nitrogens with two attached hydrogens (primary N) is 1. The van der Waals surface area contributed by atoms with E-state index < -0.39 is 0 Å². The van der Waals surface area contributed by atoms with Crippen LogP contribution in [-0.2, 0) is 6.54 Å². The maximum absolute atomic E-state index is 5.63. The number of fused-ring (bicyclic) bond motifs is 2. The fourth-order valence-corrected chi connectivity index (χ4v) is 3.33. The molecule has 5 heteroatoms. The van der Waals surface area contributed by atoms with Crippen molar-refractivity contribution in [3.63, 3.8) is 0 Å². The van der Waals surface area contributed by atoms with E-state index in [1.807, 2.05) is 16.9 Å². The summed E-state index contributed by atoms with van der Waals surface area (Å²) in [4.78, 5) is 5.17. The van der Waals surface area contributed by atoms with Crippen LogP contribution in [-0.4, -0.2) is 58.3 Å². The van der Waals surface area contributed by atoms with E-state index in [1.54, 1.807) is 0 Å². The van der Waals surface area contributed by atoms with Crippen LogP contribution in [0.3, 0.4) is 0 Å². The van der Waals surface area contributed by atoms with Crippen molar-refractivity contribution in [2.75, 3.05) is 32.4 Å². The minimum Gasteiger partial charge on any atom is -0.382 e. The topological polar surface area (TPSA) is 50.3 Å². The number of hydrogen-bond acceptors (Lipinski definition) is 4. The van der Waals surface area contributed by atoms with Gasteiger partial charge < -0.3 is 5.73 Å². The smallest absolute Gasteiger partial charge is 0.145 e. The lowest BCUT2D eigenvalue weighted by Crippen LogP contribution is -2.37. The third-order valence-corrected chi connectivity index (χ3v) is 4.54. The lowest BCUT2D eigenvalue weighted by atomic mass is 10.1. The van der Waals surface area contributed by atoms with Crippen molar-refractivity contribution in [1.29, 1.82) is 0 Å². The molecule has 18 heavy (non-hydrogen) atoms. The van der Waals surface area contributed by atoms with Crippen molar-refractivity contribution in [3.05, 3.63) is 12.3 Å². The Morgan fingerprint density at radius 3 is 2.89 bits per heavy atom. The van der Waals surface area contributed by atoms with Gasteiger partial charge in [-0.2, -0.15) is 5.10 Å². The molecule has 0 amide bonds. The van der Waals surface area contributed by atoms with Gasteiger partial charge in [-0.3, -0.25) is 14.5 Å². The normalized spacial score (nSPS) is 29.6. The molecule has 2 unspecified atom stereocenters. The molecular weight excluding hydrogens is 226 g/mol. The van der Waals surface area contributed by atoms with Gasteiger partial charge >= 0.3 is 0 Å². The summed E-state index contributed by atoms with van der Waals surface area (Å²) < 4.78 is 1.95. The second kappa shape index (κ2) is 4.90. The molecule has 2 N–H and O–H groups in total. The average molecular weight is 249 g/mol. The van der Waals surface area contributed by atoms with Crippen LogP contribution >= 0.6 is 0 Å². The summed E-state index contributed by atoms with van der Waals surface area (Å²) in [5, 5.41) is 4.24. The van der Waals surface area contributed by atoms with Crippen LogP contribution in [0.5, 0.6) is 0 Å². The highest BCUT2D eigenvalue weighted by Gasteiger charge is 2.34. The zero-order valence-electron chi connectivity index (χ0n) is 11.1. The Balaban J connectivity index is 1.54. The summed E-state index contributed by atoms with van der Waals surface area (Å²) >= 11 is 0. The first-order chi connectivity index (χ1) is 8.72. The van der Waals surface area contributed by atoms with Crippen molar-refractivity contribution in [2.45, 2.75) is 37.9 Å². The van der Waals surface area contributed by atoms with Gasteiger partial charge in [0.05, 0.1) is 6.54 Å². The van der Waals surface area contributed by atoms with Gasteiger partial charge in [-0.25, -0.2) is 0 Å². The van der Waals surface area contributed by atoms with E-state index in [0.29, 0.717) is 5.82 Å². The zero-order chi connectivity index (χ0) is 12.5. The summed E-state index contributed by atoms with van der Waals surface area (Å²) in [5.41, 5.74) is 5.63. The van der Waals surface area contributed by atoms with Gasteiger partial charge in [0.1, 0.15) is 5.82 Å². The summed E-state index contributed by atoms with van der Waals surface area (Å²) in [6, 6.07) is 3.44. The first-order valence-corrected chi connectivity index (χ1v) is 6.95. The zero-order valence-corrected chi connectivity index (χ0v) is 11.1. The quantitative estimate of drug-likeness (QED) is 0.854. The molecule has 2 aliphatic rings. The van der Waals surface area contributed by atoms with Crippen LogP contribution < -0.4 is 5.73 Å². The van der Waals surface area contributed by atoms with Crippen molar-refractivity contribution >= 4 is 5.82 Å². The molecule has 1 aromatic rings. The number of likely N-dealkylation sites (N-methyl/N-ethyl adjacent to an activating group) is 1. The molecule has 2 saturated heterocycles. The average Bonchev–Trinajstić information content (AvgIpc) is 2.84. The number of hydrogen-bond donors (Lipinski definition) is 1. The van der Waals surface area contributed by atoms with Crippen LogP contribution in [0.4, 0.5) is 5.82 Å². The Bertz CT molecular complexity index is 402. The van der Waals surface area contributed by atoms with Gasteiger partial charge in [-0.1, -0.05) is 0 Å². The number of aromatic nitrogens is 2. The molecule has 2 fully saturated rings. The molecule has 5 nitrogen and oxygen atoms in total. The number of nitrogen functional groups attached to an aromatic ring is 1. The van der Waals surface area contributed by atoms with Gasteiger partial charge in [0.2, 0.25) is 0 Å². The highest BCUT2D eigenvalue weighted by molar-refractivity contribution is 5.23. The number of likely N-dealkylation sites (tertiary alicyclic amines) is 1. The Kier molecular flexibility index (Phi) is 3.26. The molecule has 0 aliphatic carbocycles. The lowest BCUT2D eigenvalue weighted by molar-refractivity contribution is 0.213. The van der Waals surface area contributed by atoms with Gasteiger partial charge in [0.25, 0.3) is 0 Å². The Labute approximate surface area is 109 Å². The predicted molar refractivity (Wildman–Crippen MR) is 72.3 cm³/mol. The van der Waals surface area contributed by atoms with Gasteiger partial charge in [0, 0.05) is 31.4 Å². The third-order valence-electron chi connectivity index (χ3n) is 4.54. The summed E-state index contributed by atoms with van der Waals surface area (Å²) in [5.74, 6) is 0.615. The number of nitrogens with zero attached hydrogens (tertiary/aromatic N) is 4. The largest absolute Gasteiger partial charge is 0.382 e. The van der Waals surface area contributed by atoms with Gasteiger partial charge in [-0.15, -0.1) is 0 Å².